The van der Waals surface area contributed by atoms with Crippen molar-refractivity contribution in [2.45, 2.75) is 52.0 Å². The molecule has 0 spiro atoms. The van der Waals surface area contributed by atoms with Crippen molar-refractivity contribution in [2.24, 2.45) is 5.92 Å². The molecular formula is C16H26N6O2. The Morgan fingerprint density at radius 3 is 2.38 bits per heavy atom. The van der Waals surface area contributed by atoms with E-state index < -0.39 is 0 Å². The van der Waals surface area contributed by atoms with Crippen LogP contribution in [0.4, 0.5) is 0 Å². The number of amides is 2. The monoisotopic (exact) mass is 334 g/mol. The Labute approximate surface area is 142 Å². The molecule has 0 saturated carbocycles. The largest absolute Gasteiger partial charge is 0.343 e. The van der Waals surface area contributed by atoms with Crippen molar-refractivity contribution in [1.29, 1.82) is 0 Å². The molecule has 3 heterocycles. The number of carbonyl (C=O) groups excluding carboxylic acids is 2. The van der Waals surface area contributed by atoms with Gasteiger partial charge in [-0.1, -0.05) is 0 Å². The van der Waals surface area contributed by atoms with E-state index in [0.717, 1.165) is 38.8 Å². The van der Waals surface area contributed by atoms with Crippen molar-refractivity contribution in [1.82, 2.24) is 30.0 Å². The summed E-state index contributed by atoms with van der Waals surface area (Å²) < 4.78 is 1.64. The lowest BCUT2D eigenvalue weighted by atomic mass is 9.94. The van der Waals surface area contributed by atoms with Gasteiger partial charge in [0.05, 0.1) is 6.54 Å². The van der Waals surface area contributed by atoms with Crippen molar-refractivity contribution in [2.75, 3.05) is 26.2 Å². The summed E-state index contributed by atoms with van der Waals surface area (Å²) in [4.78, 5) is 28.8. The average molecular weight is 334 g/mol. The molecule has 2 amide bonds. The summed E-state index contributed by atoms with van der Waals surface area (Å²) in [7, 11) is 0. The number of hydrogen-bond donors (Lipinski definition) is 0. The van der Waals surface area contributed by atoms with Gasteiger partial charge < -0.3 is 9.80 Å². The fourth-order valence-electron chi connectivity index (χ4n) is 3.56. The van der Waals surface area contributed by atoms with E-state index in [1.807, 2.05) is 16.7 Å². The Kier molecular flexibility index (Phi) is 5.42. The lowest BCUT2D eigenvalue weighted by Gasteiger charge is -2.35. The van der Waals surface area contributed by atoms with Crippen LogP contribution in [0.2, 0.25) is 0 Å². The van der Waals surface area contributed by atoms with Crippen LogP contribution in [-0.4, -0.2) is 68.0 Å². The van der Waals surface area contributed by atoms with E-state index >= 15 is 0 Å². The van der Waals surface area contributed by atoms with Crippen molar-refractivity contribution in [3.05, 3.63) is 5.82 Å². The van der Waals surface area contributed by atoms with E-state index in [0.29, 0.717) is 37.8 Å². The molecule has 2 fully saturated rings. The van der Waals surface area contributed by atoms with Crippen LogP contribution < -0.4 is 0 Å². The predicted octanol–water partition coefficient (Wildman–Crippen LogP) is 0.623. The van der Waals surface area contributed by atoms with Crippen LogP contribution in [0.5, 0.6) is 0 Å². The van der Waals surface area contributed by atoms with Crippen LogP contribution in [0.25, 0.3) is 0 Å². The van der Waals surface area contributed by atoms with Gasteiger partial charge >= 0.3 is 0 Å². The molecule has 2 saturated heterocycles. The molecule has 0 unspecified atom stereocenters. The van der Waals surface area contributed by atoms with Gasteiger partial charge in [-0.2, -0.15) is 0 Å². The number of hydrogen-bond acceptors (Lipinski definition) is 5. The zero-order valence-electron chi connectivity index (χ0n) is 14.4. The first kappa shape index (κ1) is 16.9. The van der Waals surface area contributed by atoms with Crippen molar-refractivity contribution in [3.63, 3.8) is 0 Å². The topological polar surface area (TPSA) is 84.2 Å². The Morgan fingerprint density at radius 2 is 1.75 bits per heavy atom. The van der Waals surface area contributed by atoms with Gasteiger partial charge in [-0.05, 0) is 49.5 Å². The second kappa shape index (κ2) is 7.72. The molecule has 1 aromatic rings. The maximum Gasteiger partial charge on any atom is 0.225 e. The maximum absolute atomic E-state index is 12.5. The van der Waals surface area contributed by atoms with Crippen LogP contribution in [0.15, 0.2) is 0 Å². The standard InChI is InChI=1S/C16H26N6O2/c1-13-17-18-19-22(13)12-7-15(23)20-10-5-14(6-11-20)16(24)21-8-3-2-4-9-21/h14H,2-12H2,1H3. The summed E-state index contributed by atoms with van der Waals surface area (Å²) in [6, 6.07) is 0. The fourth-order valence-corrected chi connectivity index (χ4v) is 3.56. The molecule has 2 aliphatic rings. The number of tetrazole rings is 1. The van der Waals surface area contributed by atoms with Crippen LogP contribution in [-0.2, 0) is 16.1 Å². The first-order valence-corrected chi connectivity index (χ1v) is 8.94. The van der Waals surface area contributed by atoms with Crippen LogP contribution in [0.3, 0.4) is 0 Å². The van der Waals surface area contributed by atoms with Crippen LogP contribution in [0, 0.1) is 12.8 Å². The smallest absolute Gasteiger partial charge is 0.225 e. The Hall–Kier alpha value is -1.99. The first-order chi connectivity index (χ1) is 11.6. The van der Waals surface area contributed by atoms with Gasteiger partial charge in [-0.15, -0.1) is 5.10 Å². The minimum atomic E-state index is 0.0916. The molecule has 24 heavy (non-hydrogen) atoms. The SMILES string of the molecule is Cc1nnnn1CCC(=O)N1CCC(C(=O)N2CCCCC2)CC1. The van der Waals surface area contributed by atoms with Crippen molar-refractivity contribution >= 4 is 11.8 Å². The number of rotatable bonds is 4. The zero-order chi connectivity index (χ0) is 16.9. The number of nitrogens with zero attached hydrogens (tertiary/aromatic N) is 6. The van der Waals surface area contributed by atoms with Gasteiger partial charge in [-0.3, -0.25) is 9.59 Å². The molecule has 0 N–H and O–H groups in total. The minimum Gasteiger partial charge on any atom is -0.343 e. The predicted molar refractivity (Wildman–Crippen MR) is 86.9 cm³/mol. The van der Waals surface area contributed by atoms with Gasteiger partial charge in [0.1, 0.15) is 5.82 Å². The molecular weight excluding hydrogens is 308 g/mol. The summed E-state index contributed by atoms with van der Waals surface area (Å²) >= 11 is 0. The minimum absolute atomic E-state index is 0.0916. The van der Waals surface area contributed by atoms with E-state index in [9.17, 15) is 9.59 Å². The highest BCUT2D eigenvalue weighted by molar-refractivity contribution is 5.80. The van der Waals surface area contributed by atoms with E-state index in [2.05, 4.69) is 15.5 Å². The third-order valence-electron chi connectivity index (χ3n) is 5.11. The van der Waals surface area contributed by atoms with Crippen LogP contribution >= 0.6 is 0 Å². The summed E-state index contributed by atoms with van der Waals surface area (Å²) in [6.45, 7) is 5.49. The van der Waals surface area contributed by atoms with Crippen molar-refractivity contribution < 1.29 is 9.59 Å². The van der Waals surface area contributed by atoms with E-state index in [-0.39, 0.29) is 11.8 Å². The van der Waals surface area contributed by atoms with E-state index in [4.69, 9.17) is 0 Å². The summed E-state index contributed by atoms with van der Waals surface area (Å²) in [5, 5.41) is 11.3. The fraction of sp³-hybridized carbons (Fsp3) is 0.812. The number of aromatic nitrogens is 4. The maximum atomic E-state index is 12.5. The highest BCUT2D eigenvalue weighted by atomic mass is 16.2. The van der Waals surface area contributed by atoms with Crippen LogP contribution in [0.1, 0.15) is 44.3 Å². The lowest BCUT2D eigenvalue weighted by molar-refractivity contribution is -0.141. The second-order valence-electron chi connectivity index (χ2n) is 6.74. The summed E-state index contributed by atoms with van der Waals surface area (Å²) in [5.41, 5.74) is 0. The molecule has 0 aromatic carbocycles. The number of likely N-dealkylation sites (tertiary alicyclic amines) is 2. The highest BCUT2D eigenvalue weighted by Crippen LogP contribution is 2.22. The van der Waals surface area contributed by atoms with Gasteiger partial charge in [-0.25, -0.2) is 4.68 Å². The number of piperidine rings is 2. The molecule has 8 nitrogen and oxygen atoms in total. The zero-order valence-corrected chi connectivity index (χ0v) is 14.4. The first-order valence-electron chi connectivity index (χ1n) is 8.94. The Balaban J connectivity index is 1.43. The van der Waals surface area contributed by atoms with E-state index in [1.54, 1.807) is 4.68 Å². The molecule has 0 atom stereocenters. The van der Waals surface area contributed by atoms with Gasteiger partial charge in [0, 0.05) is 38.5 Å². The second-order valence-corrected chi connectivity index (χ2v) is 6.74. The molecule has 8 heteroatoms. The number of carbonyl (C=O) groups is 2. The average Bonchev–Trinajstić information content (AvgIpc) is 3.05. The number of aryl methyl sites for hydroxylation is 2. The third-order valence-corrected chi connectivity index (χ3v) is 5.11. The summed E-state index contributed by atoms with van der Waals surface area (Å²) in [6.07, 6.45) is 5.45. The Morgan fingerprint density at radius 1 is 1.04 bits per heavy atom. The molecule has 0 aliphatic carbocycles. The highest BCUT2D eigenvalue weighted by Gasteiger charge is 2.30. The normalized spacial score (nSPS) is 19.5. The molecule has 3 rings (SSSR count). The molecule has 2 aliphatic heterocycles. The summed E-state index contributed by atoms with van der Waals surface area (Å²) in [5.74, 6) is 1.22. The van der Waals surface area contributed by atoms with Gasteiger partial charge in [0.15, 0.2) is 0 Å². The molecule has 0 radical (unpaired) electrons. The van der Waals surface area contributed by atoms with Crippen molar-refractivity contribution in [3.8, 4) is 0 Å². The molecule has 132 valence electrons. The quantitative estimate of drug-likeness (QED) is 0.806. The van der Waals surface area contributed by atoms with Gasteiger partial charge in [0.25, 0.3) is 0 Å². The molecule has 1 aromatic heterocycles. The lowest BCUT2D eigenvalue weighted by Crippen LogP contribution is -2.45. The molecule has 0 bridgehead atoms. The van der Waals surface area contributed by atoms with Gasteiger partial charge in [0.2, 0.25) is 11.8 Å². The van der Waals surface area contributed by atoms with E-state index in [1.165, 1.54) is 6.42 Å². The third kappa shape index (κ3) is 3.91. The Bertz CT molecular complexity index is 573.